The topological polar surface area (TPSA) is 75.6 Å². The summed E-state index contributed by atoms with van der Waals surface area (Å²) in [5, 5.41) is 9.52. The van der Waals surface area contributed by atoms with Crippen molar-refractivity contribution in [2.75, 3.05) is 19.8 Å². The van der Waals surface area contributed by atoms with Crippen LogP contribution in [0.1, 0.15) is 18.4 Å². The van der Waals surface area contributed by atoms with Crippen molar-refractivity contribution < 1.29 is 22.7 Å². The third kappa shape index (κ3) is 3.17. The third-order valence-electron chi connectivity index (χ3n) is 3.54. The Balaban J connectivity index is 2.32. The Kier molecular flexibility index (Phi) is 4.43. The minimum absolute atomic E-state index is 0.100. The van der Waals surface area contributed by atoms with Gasteiger partial charge in [0.2, 0.25) is 10.0 Å². The molecule has 0 aliphatic carbocycles. The van der Waals surface area contributed by atoms with Gasteiger partial charge in [0.1, 0.15) is 5.82 Å². The Bertz CT molecular complexity index is 582. The lowest BCUT2D eigenvalue weighted by Gasteiger charge is -2.36. The third-order valence-corrected chi connectivity index (χ3v) is 5.26. The quantitative estimate of drug-likeness (QED) is 0.868. The van der Waals surface area contributed by atoms with Gasteiger partial charge in [-0.2, -0.15) is 0 Å². The highest BCUT2D eigenvalue weighted by molar-refractivity contribution is 7.89. The summed E-state index contributed by atoms with van der Waals surface area (Å²) in [5.74, 6) is -0.610. The van der Waals surface area contributed by atoms with Gasteiger partial charge in [-0.3, -0.25) is 0 Å². The van der Waals surface area contributed by atoms with Crippen LogP contribution in [0.25, 0.3) is 0 Å². The zero-order valence-corrected chi connectivity index (χ0v) is 12.0. The average Bonchev–Trinajstić information content (AvgIpc) is 2.42. The second-order valence-corrected chi connectivity index (χ2v) is 6.72. The second kappa shape index (κ2) is 5.77. The molecule has 0 spiro atoms. The predicted octanol–water partition coefficient (Wildman–Crippen LogP) is 0.954. The minimum atomic E-state index is -3.89. The number of benzene rings is 1. The van der Waals surface area contributed by atoms with Crippen LogP contribution in [0.2, 0.25) is 0 Å². The molecule has 2 rings (SSSR count). The molecule has 2 N–H and O–H groups in total. The van der Waals surface area contributed by atoms with Crippen LogP contribution >= 0.6 is 0 Å². The molecule has 5 nitrogen and oxygen atoms in total. The fraction of sp³-hybridized carbons (Fsp3) is 0.538. The molecule has 0 aromatic heterocycles. The van der Waals surface area contributed by atoms with Crippen LogP contribution in [0.3, 0.4) is 0 Å². The molecule has 20 heavy (non-hydrogen) atoms. The summed E-state index contributed by atoms with van der Waals surface area (Å²) in [6.45, 7) is 2.05. The fourth-order valence-electron chi connectivity index (χ4n) is 2.26. The SMILES string of the molecule is Cc1ccc(F)cc1S(=O)(=O)NC1(CO)CCOCC1. The maximum Gasteiger partial charge on any atom is 0.241 e. The predicted molar refractivity (Wildman–Crippen MR) is 71.3 cm³/mol. The number of ether oxygens (including phenoxy) is 1. The summed E-state index contributed by atoms with van der Waals surface area (Å²) in [6, 6.07) is 3.62. The Hall–Kier alpha value is -1.02. The van der Waals surface area contributed by atoms with Gasteiger partial charge in [-0.05, 0) is 37.5 Å². The van der Waals surface area contributed by atoms with Crippen molar-refractivity contribution in [2.24, 2.45) is 0 Å². The van der Waals surface area contributed by atoms with Crippen LogP contribution in [-0.4, -0.2) is 38.9 Å². The number of hydrogen-bond donors (Lipinski definition) is 2. The number of hydrogen-bond acceptors (Lipinski definition) is 4. The maximum absolute atomic E-state index is 13.3. The number of nitrogens with one attached hydrogen (secondary N) is 1. The molecule has 1 aliphatic heterocycles. The minimum Gasteiger partial charge on any atom is -0.394 e. The van der Waals surface area contributed by atoms with Crippen molar-refractivity contribution in [3.05, 3.63) is 29.6 Å². The number of aliphatic hydroxyl groups excluding tert-OH is 1. The van der Waals surface area contributed by atoms with Gasteiger partial charge >= 0.3 is 0 Å². The zero-order chi connectivity index (χ0) is 14.8. The first-order valence-corrected chi connectivity index (χ1v) is 7.86. The molecule has 1 heterocycles. The van der Waals surface area contributed by atoms with E-state index in [1.165, 1.54) is 12.1 Å². The molecule has 1 aromatic carbocycles. The van der Waals surface area contributed by atoms with Gasteiger partial charge in [0.05, 0.1) is 17.0 Å². The molecule has 0 saturated carbocycles. The molecule has 1 aromatic rings. The van der Waals surface area contributed by atoms with Crippen LogP contribution in [0, 0.1) is 12.7 Å². The van der Waals surface area contributed by atoms with E-state index >= 15 is 0 Å². The van der Waals surface area contributed by atoms with Crippen molar-refractivity contribution in [2.45, 2.75) is 30.2 Å². The van der Waals surface area contributed by atoms with Crippen LogP contribution in [-0.2, 0) is 14.8 Å². The average molecular weight is 303 g/mol. The molecule has 0 bridgehead atoms. The monoisotopic (exact) mass is 303 g/mol. The lowest BCUT2D eigenvalue weighted by molar-refractivity contribution is 0.0223. The van der Waals surface area contributed by atoms with Crippen LogP contribution < -0.4 is 4.72 Å². The Labute approximate surface area is 117 Å². The number of rotatable bonds is 4. The second-order valence-electron chi connectivity index (χ2n) is 5.07. The lowest BCUT2D eigenvalue weighted by Crippen LogP contribution is -2.54. The van der Waals surface area contributed by atoms with E-state index in [2.05, 4.69) is 4.72 Å². The molecular formula is C13H18FNO4S. The van der Waals surface area contributed by atoms with E-state index in [-0.39, 0.29) is 11.5 Å². The molecule has 112 valence electrons. The molecule has 0 amide bonds. The standard InChI is InChI=1S/C13H18FNO4S/c1-10-2-3-11(14)8-12(10)20(17,18)15-13(9-16)4-6-19-7-5-13/h2-3,8,15-16H,4-7,9H2,1H3. The van der Waals surface area contributed by atoms with Gasteiger partial charge < -0.3 is 9.84 Å². The molecule has 7 heteroatoms. The van der Waals surface area contributed by atoms with E-state index in [9.17, 15) is 17.9 Å². The first-order valence-electron chi connectivity index (χ1n) is 6.37. The van der Waals surface area contributed by atoms with Gasteiger partial charge in [-0.25, -0.2) is 17.5 Å². The van der Waals surface area contributed by atoms with E-state index in [1.54, 1.807) is 6.92 Å². The van der Waals surface area contributed by atoms with E-state index in [1.807, 2.05) is 0 Å². The molecular weight excluding hydrogens is 285 g/mol. The van der Waals surface area contributed by atoms with Crippen molar-refractivity contribution in [3.8, 4) is 0 Å². The van der Waals surface area contributed by atoms with Gasteiger partial charge in [-0.1, -0.05) is 6.07 Å². The van der Waals surface area contributed by atoms with E-state index < -0.39 is 21.4 Å². The number of sulfonamides is 1. The molecule has 1 aliphatic rings. The Morgan fingerprint density at radius 2 is 2.05 bits per heavy atom. The molecule has 1 saturated heterocycles. The van der Waals surface area contributed by atoms with E-state index in [0.717, 1.165) is 6.07 Å². The van der Waals surface area contributed by atoms with E-state index in [4.69, 9.17) is 4.74 Å². The summed E-state index contributed by atoms with van der Waals surface area (Å²) in [6.07, 6.45) is 0.772. The summed E-state index contributed by atoms with van der Waals surface area (Å²) in [5.41, 5.74) is -0.477. The highest BCUT2D eigenvalue weighted by Gasteiger charge is 2.37. The first-order chi connectivity index (χ1) is 9.38. The molecule has 1 fully saturated rings. The van der Waals surface area contributed by atoms with Gasteiger partial charge in [-0.15, -0.1) is 0 Å². The summed E-state index contributed by atoms with van der Waals surface area (Å²) in [4.78, 5) is -0.100. The van der Waals surface area contributed by atoms with Crippen molar-refractivity contribution in [3.63, 3.8) is 0 Å². The lowest BCUT2D eigenvalue weighted by atomic mass is 9.93. The molecule has 0 unspecified atom stereocenters. The highest BCUT2D eigenvalue weighted by Crippen LogP contribution is 2.24. The smallest absolute Gasteiger partial charge is 0.241 e. The van der Waals surface area contributed by atoms with Crippen LogP contribution in [0.15, 0.2) is 23.1 Å². The Morgan fingerprint density at radius 1 is 1.40 bits per heavy atom. The fourth-order valence-corrected chi connectivity index (χ4v) is 3.97. The van der Waals surface area contributed by atoms with Crippen molar-refractivity contribution >= 4 is 10.0 Å². The van der Waals surface area contributed by atoms with Gasteiger partial charge in [0.15, 0.2) is 0 Å². The van der Waals surface area contributed by atoms with Crippen molar-refractivity contribution in [1.29, 1.82) is 0 Å². The number of aryl methyl sites for hydroxylation is 1. The molecule has 0 radical (unpaired) electrons. The van der Waals surface area contributed by atoms with Crippen LogP contribution in [0.4, 0.5) is 4.39 Å². The summed E-state index contributed by atoms with van der Waals surface area (Å²) in [7, 11) is -3.89. The highest BCUT2D eigenvalue weighted by atomic mass is 32.2. The van der Waals surface area contributed by atoms with Gasteiger partial charge in [0, 0.05) is 13.2 Å². The first kappa shape index (κ1) is 15.4. The molecule has 0 atom stereocenters. The maximum atomic E-state index is 13.3. The summed E-state index contributed by atoms with van der Waals surface area (Å²) >= 11 is 0. The summed E-state index contributed by atoms with van der Waals surface area (Å²) < 4.78 is 45.8. The zero-order valence-electron chi connectivity index (χ0n) is 11.2. The Morgan fingerprint density at radius 3 is 2.65 bits per heavy atom. The number of aliphatic hydroxyl groups is 1. The van der Waals surface area contributed by atoms with Crippen LogP contribution in [0.5, 0.6) is 0 Å². The number of halogens is 1. The normalized spacial score (nSPS) is 18.9. The van der Waals surface area contributed by atoms with Gasteiger partial charge in [0.25, 0.3) is 0 Å². The van der Waals surface area contributed by atoms with E-state index in [0.29, 0.717) is 31.6 Å². The largest absolute Gasteiger partial charge is 0.394 e. The van der Waals surface area contributed by atoms with Crippen molar-refractivity contribution in [1.82, 2.24) is 4.72 Å².